The summed E-state index contributed by atoms with van der Waals surface area (Å²) in [7, 11) is 0. The first-order valence-corrected chi connectivity index (χ1v) is 8.17. The molecule has 0 aromatic heterocycles. The largest absolute Gasteiger partial charge is 0.493 e. The second-order valence-corrected chi connectivity index (χ2v) is 5.37. The van der Waals surface area contributed by atoms with Crippen LogP contribution in [-0.4, -0.2) is 34.9 Å². The molecule has 0 bridgehead atoms. The first-order chi connectivity index (χ1) is 9.17. The number of benzene rings is 1. The van der Waals surface area contributed by atoms with Crippen molar-refractivity contribution in [1.82, 2.24) is 0 Å². The van der Waals surface area contributed by atoms with Crippen molar-refractivity contribution in [2.24, 2.45) is 0 Å². The molecule has 0 saturated heterocycles. The molecule has 1 rings (SSSR count). The van der Waals surface area contributed by atoms with Crippen LogP contribution < -0.4 is 9.47 Å². The number of rotatable bonds is 9. The number of hydrogen-bond donors (Lipinski definition) is 1. The molecule has 6 heteroatoms. The standard InChI is InChI=1S/C13H16Br2O4/c14-3-1-5-18-11-7-10(13(16)17)8-12(9-11)19-6-2-4-15/h7-9H,1-6H2,(H,16,17). The molecule has 0 saturated carbocycles. The van der Waals surface area contributed by atoms with Gasteiger partial charge in [0.15, 0.2) is 0 Å². The van der Waals surface area contributed by atoms with Gasteiger partial charge in [-0.25, -0.2) is 4.79 Å². The first-order valence-electron chi connectivity index (χ1n) is 5.93. The summed E-state index contributed by atoms with van der Waals surface area (Å²) >= 11 is 6.63. The molecular weight excluding hydrogens is 380 g/mol. The molecule has 0 heterocycles. The molecule has 0 amide bonds. The van der Waals surface area contributed by atoms with E-state index in [9.17, 15) is 4.79 Å². The van der Waals surface area contributed by atoms with Gasteiger partial charge in [-0.3, -0.25) is 0 Å². The number of carboxylic acids is 1. The predicted molar refractivity (Wildman–Crippen MR) is 81.2 cm³/mol. The predicted octanol–water partition coefficient (Wildman–Crippen LogP) is 3.71. The minimum Gasteiger partial charge on any atom is -0.493 e. The van der Waals surface area contributed by atoms with Crippen LogP contribution in [-0.2, 0) is 0 Å². The van der Waals surface area contributed by atoms with E-state index in [2.05, 4.69) is 31.9 Å². The molecule has 0 fully saturated rings. The number of ether oxygens (including phenoxy) is 2. The lowest BCUT2D eigenvalue weighted by Gasteiger charge is -2.10. The molecule has 1 aromatic rings. The van der Waals surface area contributed by atoms with E-state index in [0.717, 1.165) is 23.5 Å². The smallest absolute Gasteiger partial charge is 0.335 e. The van der Waals surface area contributed by atoms with Crippen molar-refractivity contribution in [2.45, 2.75) is 12.8 Å². The van der Waals surface area contributed by atoms with Crippen LogP contribution in [0, 0.1) is 0 Å². The van der Waals surface area contributed by atoms with Gasteiger partial charge >= 0.3 is 5.97 Å². The van der Waals surface area contributed by atoms with Gasteiger partial charge in [0.2, 0.25) is 0 Å². The third-order valence-corrected chi connectivity index (χ3v) is 3.34. The van der Waals surface area contributed by atoms with E-state index in [1.54, 1.807) is 6.07 Å². The summed E-state index contributed by atoms with van der Waals surface area (Å²) < 4.78 is 11.0. The Labute approximate surface area is 129 Å². The van der Waals surface area contributed by atoms with Crippen LogP contribution in [0.15, 0.2) is 18.2 Å². The van der Waals surface area contributed by atoms with Crippen LogP contribution in [0.1, 0.15) is 23.2 Å². The summed E-state index contributed by atoms with van der Waals surface area (Å²) in [5.41, 5.74) is 0.171. The highest BCUT2D eigenvalue weighted by molar-refractivity contribution is 9.09. The summed E-state index contributed by atoms with van der Waals surface area (Å²) in [6.07, 6.45) is 1.72. The average molecular weight is 396 g/mol. The molecule has 1 aromatic carbocycles. The van der Waals surface area contributed by atoms with Gasteiger partial charge in [-0.1, -0.05) is 31.9 Å². The molecule has 0 radical (unpaired) electrons. The average Bonchev–Trinajstić information content (AvgIpc) is 2.39. The minimum absolute atomic E-state index is 0.171. The van der Waals surface area contributed by atoms with E-state index < -0.39 is 5.97 Å². The van der Waals surface area contributed by atoms with E-state index in [1.807, 2.05) is 0 Å². The van der Waals surface area contributed by atoms with Gasteiger partial charge in [0, 0.05) is 16.7 Å². The lowest BCUT2D eigenvalue weighted by molar-refractivity contribution is 0.0695. The monoisotopic (exact) mass is 394 g/mol. The minimum atomic E-state index is -0.990. The van der Waals surface area contributed by atoms with Crippen LogP contribution in [0.25, 0.3) is 0 Å². The fourth-order valence-electron chi connectivity index (χ4n) is 1.35. The van der Waals surface area contributed by atoms with E-state index in [1.165, 1.54) is 12.1 Å². The lowest BCUT2D eigenvalue weighted by Crippen LogP contribution is -2.04. The van der Waals surface area contributed by atoms with E-state index in [4.69, 9.17) is 14.6 Å². The summed E-state index contributed by atoms with van der Waals surface area (Å²) in [5.74, 6) is 0.0562. The van der Waals surface area contributed by atoms with Crippen molar-refractivity contribution in [2.75, 3.05) is 23.9 Å². The van der Waals surface area contributed by atoms with Crippen molar-refractivity contribution >= 4 is 37.8 Å². The third-order valence-electron chi connectivity index (χ3n) is 2.22. The van der Waals surface area contributed by atoms with E-state index >= 15 is 0 Å². The Kier molecular flexibility index (Phi) is 7.90. The molecular formula is C13H16Br2O4. The highest BCUT2D eigenvalue weighted by atomic mass is 79.9. The maximum Gasteiger partial charge on any atom is 0.335 e. The van der Waals surface area contributed by atoms with Gasteiger partial charge in [0.05, 0.1) is 18.8 Å². The van der Waals surface area contributed by atoms with Crippen molar-refractivity contribution < 1.29 is 19.4 Å². The van der Waals surface area contributed by atoms with Gasteiger partial charge in [0.1, 0.15) is 11.5 Å². The Morgan fingerprint density at radius 1 is 1.00 bits per heavy atom. The Hall–Kier alpha value is -0.750. The second-order valence-electron chi connectivity index (χ2n) is 3.78. The number of halogens is 2. The Bertz CT molecular complexity index is 381. The van der Waals surface area contributed by atoms with Crippen molar-refractivity contribution in [3.05, 3.63) is 23.8 Å². The Balaban J connectivity index is 2.75. The zero-order valence-corrected chi connectivity index (χ0v) is 13.6. The highest BCUT2D eigenvalue weighted by Crippen LogP contribution is 2.23. The van der Waals surface area contributed by atoms with Crippen LogP contribution in [0.2, 0.25) is 0 Å². The molecule has 19 heavy (non-hydrogen) atoms. The zero-order chi connectivity index (χ0) is 14.1. The Morgan fingerprint density at radius 3 is 1.84 bits per heavy atom. The van der Waals surface area contributed by atoms with Crippen LogP contribution >= 0.6 is 31.9 Å². The van der Waals surface area contributed by atoms with Gasteiger partial charge in [-0.15, -0.1) is 0 Å². The van der Waals surface area contributed by atoms with Crippen molar-refractivity contribution in [1.29, 1.82) is 0 Å². The lowest BCUT2D eigenvalue weighted by atomic mass is 10.2. The fourth-order valence-corrected chi connectivity index (χ4v) is 1.81. The molecule has 0 unspecified atom stereocenters. The highest BCUT2D eigenvalue weighted by Gasteiger charge is 2.08. The summed E-state index contributed by atoms with van der Waals surface area (Å²) in [4.78, 5) is 11.0. The SMILES string of the molecule is O=C(O)c1cc(OCCCBr)cc(OCCCBr)c1. The van der Waals surface area contributed by atoms with E-state index in [-0.39, 0.29) is 5.56 Å². The normalized spacial score (nSPS) is 10.2. The molecule has 0 aliphatic carbocycles. The summed E-state index contributed by atoms with van der Waals surface area (Å²) in [6, 6.07) is 4.73. The molecule has 1 N–H and O–H groups in total. The molecule has 0 spiro atoms. The maximum atomic E-state index is 11.0. The summed E-state index contributed by atoms with van der Waals surface area (Å²) in [5, 5.41) is 10.7. The topological polar surface area (TPSA) is 55.8 Å². The maximum absolute atomic E-state index is 11.0. The van der Waals surface area contributed by atoms with Crippen molar-refractivity contribution in [3.63, 3.8) is 0 Å². The molecule has 0 aliphatic rings. The number of carboxylic acid groups (broad SMARTS) is 1. The fraction of sp³-hybridized carbons (Fsp3) is 0.462. The first kappa shape index (κ1) is 16.3. The Morgan fingerprint density at radius 2 is 1.47 bits per heavy atom. The number of carbonyl (C=O) groups is 1. The summed E-state index contributed by atoms with van der Waals surface area (Å²) in [6.45, 7) is 1.07. The van der Waals surface area contributed by atoms with Crippen LogP contribution in [0.4, 0.5) is 0 Å². The van der Waals surface area contributed by atoms with E-state index in [0.29, 0.717) is 24.7 Å². The van der Waals surface area contributed by atoms with Crippen LogP contribution in [0.5, 0.6) is 11.5 Å². The third kappa shape index (κ3) is 6.29. The quantitative estimate of drug-likeness (QED) is 0.511. The second kappa shape index (κ2) is 9.20. The number of hydrogen-bond acceptors (Lipinski definition) is 3. The molecule has 4 nitrogen and oxygen atoms in total. The van der Waals surface area contributed by atoms with Gasteiger partial charge in [-0.05, 0) is 25.0 Å². The molecule has 0 atom stereocenters. The molecule has 106 valence electrons. The van der Waals surface area contributed by atoms with Gasteiger partial charge in [0.25, 0.3) is 0 Å². The molecule has 0 aliphatic heterocycles. The number of aromatic carboxylic acids is 1. The van der Waals surface area contributed by atoms with Gasteiger partial charge < -0.3 is 14.6 Å². The van der Waals surface area contributed by atoms with Gasteiger partial charge in [-0.2, -0.15) is 0 Å². The zero-order valence-electron chi connectivity index (χ0n) is 10.4. The number of alkyl halides is 2. The van der Waals surface area contributed by atoms with Crippen LogP contribution in [0.3, 0.4) is 0 Å². The van der Waals surface area contributed by atoms with Crippen molar-refractivity contribution in [3.8, 4) is 11.5 Å².